The first kappa shape index (κ1) is 22.0. The third-order valence-electron chi connectivity index (χ3n) is 4.87. The van der Waals surface area contributed by atoms with Crippen LogP contribution in [0.1, 0.15) is 45.1 Å². The lowest BCUT2D eigenvalue weighted by Crippen LogP contribution is -2.31. The second-order valence-corrected chi connectivity index (χ2v) is 7.84. The molecule has 1 aliphatic heterocycles. The highest BCUT2D eigenvalue weighted by atomic mass is 127. The van der Waals surface area contributed by atoms with Crippen LogP contribution in [-0.4, -0.2) is 30.5 Å². The van der Waals surface area contributed by atoms with Crippen molar-refractivity contribution < 1.29 is 19.5 Å². The van der Waals surface area contributed by atoms with Crippen LogP contribution in [-0.2, 0) is 4.65 Å². The molecule has 0 radical (unpaired) electrons. The highest BCUT2D eigenvalue weighted by molar-refractivity contribution is 14.1. The fourth-order valence-corrected chi connectivity index (χ4v) is 3.84. The molecule has 0 amide bonds. The molecule has 1 atom stereocenters. The first-order valence-corrected chi connectivity index (χ1v) is 10.4. The molecule has 1 aliphatic rings. The molecule has 6 heteroatoms. The molecular formula is C21H28BIO4. The van der Waals surface area contributed by atoms with Crippen molar-refractivity contribution in [2.24, 2.45) is 0 Å². The third kappa shape index (κ3) is 5.86. The van der Waals surface area contributed by atoms with Gasteiger partial charge in [0, 0.05) is 6.32 Å². The van der Waals surface area contributed by atoms with Crippen molar-refractivity contribution in [2.45, 2.75) is 52.0 Å². The van der Waals surface area contributed by atoms with Gasteiger partial charge < -0.3 is 19.5 Å². The molecule has 1 aromatic carbocycles. The number of ether oxygens (including phenoxy) is 1. The molecule has 1 heterocycles. The number of phenols is 1. The highest BCUT2D eigenvalue weighted by Crippen LogP contribution is 2.34. The number of hydrogen-bond donors (Lipinski definition) is 2. The summed E-state index contributed by atoms with van der Waals surface area (Å²) in [6.07, 6.45) is 8.07. The molecular weight excluding hydrogens is 454 g/mol. The largest absolute Gasteiger partial charge is 0.504 e. The van der Waals surface area contributed by atoms with Gasteiger partial charge in [0.05, 0.1) is 16.8 Å². The van der Waals surface area contributed by atoms with Gasteiger partial charge in [-0.2, -0.15) is 0 Å². The Morgan fingerprint density at radius 3 is 2.78 bits per heavy atom. The predicted octanol–water partition coefficient (Wildman–Crippen LogP) is 5.35. The van der Waals surface area contributed by atoms with Crippen LogP contribution in [0.2, 0.25) is 6.32 Å². The molecule has 0 aromatic heterocycles. The zero-order chi connectivity index (χ0) is 20.0. The molecule has 2 rings (SSSR count). The summed E-state index contributed by atoms with van der Waals surface area (Å²) in [6, 6.07) is 3.79. The number of benzene rings is 1. The lowest BCUT2D eigenvalue weighted by atomic mass is 9.77. The van der Waals surface area contributed by atoms with Crippen molar-refractivity contribution >= 4 is 35.8 Å². The van der Waals surface area contributed by atoms with Crippen LogP contribution in [0.4, 0.5) is 0 Å². The van der Waals surface area contributed by atoms with Crippen molar-refractivity contribution in [3.8, 4) is 11.5 Å². The zero-order valence-corrected chi connectivity index (χ0v) is 18.5. The van der Waals surface area contributed by atoms with E-state index in [-0.39, 0.29) is 11.9 Å². The quantitative estimate of drug-likeness (QED) is 0.388. The maximum atomic E-state index is 10.0. The van der Waals surface area contributed by atoms with E-state index in [0.717, 1.165) is 46.0 Å². The Bertz CT molecular complexity index is 742. The summed E-state index contributed by atoms with van der Waals surface area (Å²) in [4.78, 5) is 0. The van der Waals surface area contributed by atoms with Gasteiger partial charge in [-0.1, -0.05) is 43.7 Å². The Balaban J connectivity index is 2.16. The molecule has 1 unspecified atom stereocenters. The second-order valence-electron chi connectivity index (χ2n) is 6.68. The fraction of sp³-hybridized carbons (Fsp3) is 0.429. The van der Waals surface area contributed by atoms with E-state index in [9.17, 15) is 10.1 Å². The van der Waals surface area contributed by atoms with E-state index in [0.29, 0.717) is 12.1 Å². The number of rotatable bonds is 8. The van der Waals surface area contributed by atoms with E-state index in [1.165, 1.54) is 5.57 Å². The maximum Gasteiger partial charge on any atom is 0.458 e. The van der Waals surface area contributed by atoms with Crippen molar-refractivity contribution in [1.82, 2.24) is 0 Å². The lowest BCUT2D eigenvalue weighted by Gasteiger charge is -2.28. The van der Waals surface area contributed by atoms with E-state index in [4.69, 9.17) is 9.39 Å². The normalized spacial score (nSPS) is 17.7. The minimum absolute atomic E-state index is 0.120. The molecule has 1 aromatic rings. The van der Waals surface area contributed by atoms with Gasteiger partial charge in [-0.15, -0.1) is 0 Å². The third-order valence-corrected chi connectivity index (χ3v) is 5.69. The molecule has 4 nitrogen and oxygen atoms in total. The molecule has 27 heavy (non-hydrogen) atoms. The Morgan fingerprint density at radius 2 is 2.15 bits per heavy atom. The SMILES string of the molecule is C=C(CC)C1=CCB(O)OC1CC/C(=C/c1cc(I)c(O)c(OC)c1)CC. The van der Waals surface area contributed by atoms with Crippen LogP contribution >= 0.6 is 22.6 Å². The van der Waals surface area contributed by atoms with Crippen molar-refractivity contribution in [3.63, 3.8) is 0 Å². The van der Waals surface area contributed by atoms with Crippen LogP contribution in [0.3, 0.4) is 0 Å². The van der Waals surface area contributed by atoms with Crippen molar-refractivity contribution in [2.75, 3.05) is 7.11 Å². The van der Waals surface area contributed by atoms with E-state index >= 15 is 0 Å². The van der Waals surface area contributed by atoms with Crippen LogP contribution in [0.15, 0.2) is 41.5 Å². The van der Waals surface area contributed by atoms with Crippen LogP contribution in [0.25, 0.3) is 6.08 Å². The first-order valence-electron chi connectivity index (χ1n) is 9.37. The number of hydrogen-bond acceptors (Lipinski definition) is 4. The molecule has 0 bridgehead atoms. The summed E-state index contributed by atoms with van der Waals surface area (Å²) < 4.78 is 11.8. The molecule has 0 saturated carbocycles. The molecule has 0 saturated heterocycles. The smallest absolute Gasteiger partial charge is 0.458 e. The summed E-state index contributed by atoms with van der Waals surface area (Å²) in [5, 5.41) is 19.9. The molecule has 0 aliphatic carbocycles. The number of methoxy groups -OCH3 is 1. The Hall–Kier alpha value is -1.25. The van der Waals surface area contributed by atoms with E-state index in [2.05, 4.69) is 55.2 Å². The molecule has 146 valence electrons. The van der Waals surface area contributed by atoms with Gasteiger partial charge in [-0.05, 0) is 71.5 Å². The average Bonchev–Trinajstić information content (AvgIpc) is 2.67. The topological polar surface area (TPSA) is 58.9 Å². The fourth-order valence-electron chi connectivity index (χ4n) is 3.21. The average molecular weight is 482 g/mol. The van der Waals surface area contributed by atoms with Gasteiger partial charge in [-0.3, -0.25) is 0 Å². The second kappa shape index (κ2) is 10.3. The van der Waals surface area contributed by atoms with E-state index in [1.807, 2.05) is 12.1 Å². The van der Waals surface area contributed by atoms with E-state index in [1.54, 1.807) is 7.11 Å². The Labute approximate surface area is 176 Å². The van der Waals surface area contributed by atoms with Gasteiger partial charge >= 0.3 is 7.12 Å². The number of phenolic OH excluding ortho intramolecular Hbond substituents is 1. The van der Waals surface area contributed by atoms with Crippen LogP contribution < -0.4 is 4.74 Å². The molecule has 0 fully saturated rings. The monoisotopic (exact) mass is 482 g/mol. The van der Waals surface area contributed by atoms with Gasteiger partial charge in [0.15, 0.2) is 11.5 Å². The summed E-state index contributed by atoms with van der Waals surface area (Å²) in [7, 11) is 0.819. The van der Waals surface area contributed by atoms with Gasteiger partial charge in [0.1, 0.15) is 0 Å². The summed E-state index contributed by atoms with van der Waals surface area (Å²) in [5.74, 6) is 0.651. The minimum Gasteiger partial charge on any atom is -0.504 e. The van der Waals surface area contributed by atoms with Crippen LogP contribution in [0, 0.1) is 3.57 Å². The Kier molecular flexibility index (Phi) is 8.44. The van der Waals surface area contributed by atoms with Gasteiger partial charge in [0.25, 0.3) is 0 Å². The van der Waals surface area contributed by atoms with Gasteiger partial charge in [0.2, 0.25) is 0 Å². The lowest BCUT2D eigenvalue weighted by molar-refractivity contribution is 0.183. The summed E-state index contributed by atoms with van der Waals surface area (Å²) in [6.45, 7) is 8.36. The highest BCUT2D eigenvalue weighted by Gasteiger charge is 2.27. The van der Waals surface area contributed by atoms with Crippen molar-refractivity contribution in [1.29, 1.82) is 0 Å². The molecule has 2 N–H and O–H groups in total. The number of aromatic hydroxyl groups is 1. The maximum absolute atomic E-state index is 10.0. The van der Waals surface area contributed by atoms with Crippen molar-refractivity contribution in [3.05, 3.63) is 50.6 Å². The Morgan fingerprint density at radius 1 is 1.41 bits per heavy atom. The molecule has 0 spiro atoms. The zero-order valence-electron chi connectivity index (χ0n) is 16.3. The van der Waals surface area contributed by atoms with Crippen LogP contribution in [0.5, 0.6) is 11.5 Å². The first-order chi connectivity index (χ1) is 12.9. The standard InChI is InChI=1S/C21H28BIO4/c1-5-14(3)17-9-10-22(25)27-19(17)8-7-15(6-2)11-16-12-18(23)21(24)20(13-16)26-4/h9,11-13,19,24-25H,3,5-8,10H2,1-2,4H3/b15-11+. The predicted molar refractivity (Wildman–Crippen MR) is 120 cm³/mol. The minimum atomic E-state index is -0.736. The van der Waals surface area contributed by atoms with E-state index < -0.39 is 7.12 Å². The van der Waals surface area contributed by atoms with Gasteiger partial charge in [-0.25, -0.2) is 0 Å². The number of allylic oxidation sites excluding steroid dienone is 2. The number of halogens is 1. The summed E-state index contributed by atoms with van der Waals surface area (Å²) >= 11 is 2.11. The summed E-state index contributed by atoms with van der Waals surface area (Å²) in [5.41, 5.74) is 4.48.